The Balaban J connectivity index is 1.33. The number of alkyl halides is 3. The first-order valence-electron chi connectivity index (χ1n) is 14.3. The number of aromatic nitrogens is 2. The first kappa shape index (κ1) is 31.4. The monoisotopic (exact) mass is 627 g/mol. The predicted octanol–water partition coefficient (Wildman–Crippen LogP) is 7.43. The van der Waals surface area contributed by atoms with Gasteiger partial charge < -0.3 is 9.47 Å². The number of hydrogen-bond donors (Lipinski definition) is 0. The number of halogens is 5. The van der Waals surface area contributed by atoms with Crippen LogP contribution < -0.4 is 5.56 Å². The average Bonchev–Trinajstić information content (AvgIpc) is 3.50. The van der Waals surface area contributed by atoms with Crippen molar-refractivity contribution < 1.29 is 26.7 Å². The second kappa shape index (κ2) is 13.3. The summed E-state index contributed by atoms with van der Waals surface area (Å²) in [6, 6.07) is 15.9. The largest absolute Gasteiger partial charge is 0.416 e. The Morgan fingerprint density at radius 3 is 2.23 bits per heavy atom. The van der Waals surface area contributed by atoms with E-state index in [0.717, 1.165) is 47.5 Å². The molecular formula is C33H30F5N3O2S. The van der Waals surface area contributed by atoms with Crippen LogP contribution in [0.1, 0.15) is 47.7 Å². The van der Waals surface area contributed by atoms with Crippen molar-refractivity contribution in [3.8, 4) is 11.1 Å². The smallest absolute Gasteiger partial charge is 0.337 e. The molecule has 44 heavy (non-hydrogen) atoms. The van der Waals surface area contributed by atoms with Crippen LogP contribution >= 0.6 is 11.8 Å². The highest BCUT2D eigenvalue weighted by molar-refractivity contribution is 7.98. The lowest BCUT2D eigenvalue weighted by Crippen LogP contribution is -2.35. The first-order chi connectivity index (χ1) is 21.0. The Morgan fingerprint density at radius 1 is 0.932 bits per heavy atom. The molecule has 0 aliphatic heterocycles. The molecule has 230 valence electrons. The minimum Gasteiger partial charge on any atom is -0.337 e. The van der Waals surface area contributed by atoms with Gasteiger partial charge in [0.2, 0.25) is 5.91 Å². The third kappa shape index (κ3) is 7.20. The van der Waals surface area contributed by atoms with Gasteiger partial charge in [-0.05, 0) is 72.2 Å². The van der Waals surface area contributed by atoms with Crippen LogP contribution in [0.15, 0.2) is 76.7 Å². The molecule has 0 fully saturated rings. The summed E-state index contributed by atoms with van der Waals surface area (Å²) in [4.78, 5) is 32.5. The lowest BCUT2D eigenvalue weighted by Gasteiger charge is -2.25. The van der Waals surface area contributed by atoms with E-state index in [0.29, 0.717) is 54.2 Å². The lowest BCUT2D eigenvalue weighted by atomic mass is 10.0. The van der Waals surface area contributed by atoms with Crippen molar-refractivity contribution in [3.05, 3.63) is 117 Å². The Labute approximate surface area is 255 Å². The highest BCUT2D eigenvalue weighted by Crippen LogP contribution is 2.31. The van der Waals surface area contributed by atoms with Crippen LogP contribution in [-0.4, -0.2) is 26.9 Å². The van der Waals surface area contributed by atoms with Crippen molar-refractivity contribution in [2.45, 2.75) is 62.8 Å². The van der Waals surface area contributed by atoms with Gasteiger partial charge in [0.25, 0.3) is 5.56 Å². The fourth-order valence-corrected chi connectivity index (χ4v) is 6.26. The zero-order valence-electron chi connectivity index (χ0n) is 24.0. The number of fused-ring (bicyclic) bond motifs is 1. The van der Waals surface area contributed by atoms with E-state index >= 15 is 0 Å². The zero-order chi connectivity index (χ0) is 31.4. The summed E-state index contributed by atoms with van der Waals surface area (Å²) in [5, 5.41) is 0.353. The van der Waals surface area contributed by atoms with Gasteiger partial charge in [0.1, 0.15) is 6.54 Å². The van der Waals surface area contributed by atoms with Crippen LogP contribution in [0.3, 0.4) is 0 Å². The van der Waals surface area contributed by atoms with Gasteiger partial charge in [-0.1, -0.05) is 61.2 Å². The quantitative estimate of drug-likeness (QED) is 0.104. The molecule has 3 aromatic carbocycles. The van der Waals surface area contributed by atoms with Gasteiger partial charge in [-0.15, -0.1) is 0 Å². The molecule has 11 heteroatoms. The van der Waals surface area contributed by atoms with E-state index in [4.69, 9.17) is 0 Å². The standard InChI is InChI=1S/C33H30F5N3O2S/c1-2-16-40(18-21-6-9-23(10-7-21)24-11-13-25(14-12-24)33(36,37)38)30(42)19-41-29-5-3-4-26(29)31(43)39-32(41)44-20-22-8-15-27(34)28(35)17-22/h6-15,17H,2-5,16,18-20H2,1H3. The van der Waals surface area contributed by atoms with Gasteiger partial charge in [-0.3, -0.25) is 9.59 Å². The molecule has 0 spiro atoms. The van der Waals surface area contributed by atoms with Gasteiger partial charge in [-0.2, -0.15) is 18.2 Å². The second-order valence-corrected chi connectivity index (χ2v) is 11.6. The average molecular weight is 628 g/mol. The SMILES string of the molecule is CCCN(Cc1ccc(-c2ccc(C(F)(F)F)cc2)cc1)C(=O)Cn1c(SCc2ccc(F)c(F)c2)nc(=O)c2c1CCC2. The number of carbonyl (C=O) groups is 1. The highest BCUT2D eigenvalue weighted by atomic mass is 32.2. The summed E-state index contributed by atoms with van der Waals surface area (Å²) < 4.78 is 67.7. The van der Waals surface area contributed by atoms with Crippen LogP contribution in [0.5, 0.6) is 0 Å². The van der Waals surface area contributed by atoms with E-state index in [1.165, 1.54) is 30.0 Å². The first-order valence-corrected chi connectivity index (χ1v) is 15.3. The van der Waals surface area contributed by atoms with Crippen LogP contribution in [-0.2, 0) is 42.7 Å². The highest BCUT2D eigenvalue weighted by Gasteiger charge is 2.30. The van der Waals surface area contributed by atoms with Crippen LogP contribution in [0.4, 0.5) is 22.0 Å². The maximum Gasteiger partial charge on any atom is 0.416 e. The number of benzene rings is 3. The summed E-state index contributed by atoms with van der Waals surface area (Å²) in [5.41, 5.74) is 3.15. The van der Waals surface area contributed by atoms with E-state index in [9.17, 15) is 31.5 Å². The second-order valence-electron chi connectivity index (χ2n) is 10.7. The molecule has 0 N–H and O–H groups in total. The number of amides is 1. The van der Waals surface area contributed by atoms with Crippen molar-refractivity contribution in [3.63, 3.8) is 0 Å². The van der Waals surface area contributed by atoms with E-state index in [1.54, 1.807) is 9.47 Å². The Kier molecular flexibility index (Phi) is 9.53. The molecule has 0 bridgehead atoms. The molecule has 1 aliphatic carbocycles. The van der Waals surface area contributed by atoms with Crippen LogP contribution in [0.25, 0.3) is 11.1 Å². The van der Waals surface area contributed by atoms with Crippen molar-refractivity contribution in [2.24, 2.45) is 0 Å². The normalized spacial score (nSPS) is 12.8. The molecule has 1 aromatic heterocycles. The van der Waals surface area contributed by atoms with Gasteiger partial charge in [0, 0.05) is 30.1 Å². The fourth-order valence-electron chi connectivity index (χ4n) is 5.31. The number of hydrogen-bond acceptors (Lipinski definition) is 4. The number of rotatable bonds is 10. The Hall–Kier alpha value is -3.99. The molecule has 5 nitrogen and oxygen atoms in total. The van der Waals surface area contributed by atoms with Gasteiger partial charge in [0.05, 0.1) is 5.56 Å². The molecule has 1 aliphatic rings. The Morgan fingerprint density at radius 2 is 1.59 bits per heavy atom. The topological polar surface area (TPSA) is 55.2 Å². The number of nitrogens with zero attached hydrogens (tertiary/aromatic N) is 3. The molecule has 0 unspecified atom stereocenters. The van der Waals surface area contributed by atoms with Crippen molar-refractivity contribution in [1.82, 2.24) is 14.5 Å². The summed E-state index contributed by atoms with van der Waals surface area (Å²) in [7, 11) is 0. The van der Waals surface area contributed by atoms with Crippen LogP contribution in [0, 0.1) is 11.6 Å². The van der Waals surface area contributed by atoms with E-state index in [1.807, 2.05) is 31.2 Å². The molecule has 0 radical (unpaired) electrons. The molecule has 1 amide bonds. The van der Waals surface area contributed by atoms with E-state index < -0.39 is 23.4 Å². The summed E-state index contributed by atoms with van der Waals surface area (Å²) in [6.07, 6.45) is -1.67. The van der Waals surface area contributed by atoms with Gasteiger partial charge in [-0.25, -0.2) is 8.78 Å². The third-order valence-corrected chi connectivity index (χ3v) is 8.61. The van der Waals surface area contributed by atoms with Gasteiger partial charge >= 0.3 is 6.18 Å². The minimum atomic E-state index is -4.40. The molecule has 1 heterocycles. The molecular weight excluding hydrogens is 597 g/mol. The zero-order valence-corrected chi connectivity index (χ0v) is 24.8. The maximum atomic E-state index is 13.8. The molecule has 5 rings (SSSR count). The van der Waals surface area contributed by atoms with Crippen LogP contribution in [0.2, 0.25) is 0 Å². The minimum absolute atomic E-state index is 0.0284. The van der Waals surface area contributed by atoms with E-state index in [-0.39, 0.29) is 23.8 Å². The number of thioether (sulfide) groups is 1. The molecule has 0 saturated heterocycles. The summed E-state index contributed by atoms with van der Waals surface area (Å²) in [5.74, 6) is -1.82. The fraction of sp³-hybridized carbons (Fsp3) is 0.303. The number of carbonyl (C=O) groups excluding carboxylic acids is 1. The Bertz CT molecular complexity index is 1700. The van der Waals surface area contributed by atoms with E-state index in [2.05, 4.69) is 4.98 Å². The van der Waals surface area contributed by atoms with Crippen molar-refractivity contribution in [1.29, 1.82) is 0 Å². The summed E-state index contributed by atoms with van der Waals surface area (Å²) >= 11 is 1.20. The van der Waals surface area contributed by atoms with Crippen molar-refractivity contribution in [2.75, 3.05) is 6.54 Å². The third-order valence-electron chi connectivity index (χ3n) is 7.57. The lowest BCUT2D eigenvalue weighted by molar-refractivity contribution is -0.137. The predicted molar refractivity (Wildman–Crippen MR) is 159 cm³/mol. The van der Waals surface area contributed by atoms with Crippen molar-refractivity contribution >= 4 is 17.7 Å². The maximum absolute atomic E-state index is 13.8. The molecule has 4 aromatic rings. The van der Waals surface area contributed by atoms with Gasteiger partial charge in [0.15, 0.2) is 16.8 Å². The molecule has 0 atom stereocenters. The summed E-state index contributed by atoms with van der Waals surface area (Å²) in [6.45, 7) is 2.76. The molecule has 0 saturated carbocycles.